The molecule has 1 aliphatic rings. The molecule has 2 heterocycles. The zero-order valence-corrected chi connectivity index (χ0v) is 10.9. The first-order valence-corrected chi connectivity index (χ1v) is 6.29. The second kappa shape index (κ2) is 4.62. The van der Waals surface area contributed by atoms with Crippen LogP contribution in [-0.4, -0.2) is 22.5 Å². The number of nitrogens with zero attached hydrogens (tertiary/aromatic N) is 2. The van der Waals surface area contributed by atoms with Crippen LogP contribution in [-0.2, 0) is 6.54 Å². The maximum Gasteiger partial charge on any atom is 0.0685 e. The lowest BCUT2D eigenvalue weighted by atomic mass is 10.1. The van der Waals surface area contributed by atoms with Gasteiger partial charge in [0.25, 0.3) is 0 Å². The number of pyridine rings is 1. The Morgan fingerprint density at radius 1 is 1.53 bits per heavy atom. The molecule has 0 aliphatic carbocycles. The maximum atomic E-state index is 4.41. The molecule has 0 bridgehead atoms. The lowest BCUT2D eigenvalue weighted by molar-refractivity contribution is 0.253. The third-order valence-corrected chi connectivity index (χ3v) is 3.82. The molecule has 2 atom stereocenters. The third kappa shape index (κ3) is 2.58. The van der Waals surface area contributed by atoms with Gasteiger partial charge in [-0.1, -0.05) is 6.92 Å². The van der Waals surface area contributed by atoms with Crippen molar-refractivity contribution in [3.05, 3.63) is 28.5 Å². The van der Waals surface area contributed by atoms with E-state index in [9.17, 15) is 0 Å². The van der Waals surface area contributed by atoms with Crippen LogP contribution in [0.1, 0.15) is 26.0 Å². The highest BCUT2D eigenvalue weighted by Gasteiger charge is 2.26. The molecule has 1 aliphatic heterocycles. The molecular weight excluding hydrogens is 252 g/mol. The van der Waals surface area contributed by atoms with Crippen LogP contribution in [0.15, 0.2) is 22.8 Å². The molecule has 0 spiro atoms. The molecule has 1 aromatic heterocycles. The van der Waals surface area contributed by atoms with E-state index in [1.165, 1.54) is 13.0 Å². The summed E-state index contributed by atoms with van der Waals surface area (Å²) >= 11 is 3.55. The molecule has 3 heteroatoms. The Morgan fingerprint density at radius 2 is 2.33 bits per heavy atom. The van der Waals surface area contributed by atoms with Gasteiger partial charge in [0, 0.05) is 29.8 Å². The van der Waals surface area contributed by atoms with Gasteiger partial charge < -0.3 is 0 Å². The molecule has 0 N–H and O–H groups in total. The van der Waals surface area contributed by atoms with Crippen LogP contribution in [0.4, 0.5) is 0 Å². The number of aromatic nitrogens is 1. The fourth-order valence-corrected chi connectivity index (χ4v) is 2.71. The molecule has 0 aromatic carbocycles. The van der Waals surface area contributed by atoms with Crippen molar-refractivity contribution in [2.45, 2.75) is 32.9 Å². The molecular formula is C12H17BrN2. The molecule has 0 amide bonds. The van der Waals surface area contributed by atoms with Crippen LogP contribution in [0.25, 0.3) is 0 Å². The molecule has 1 aromatic rings. The Hall–Kier alpha value is -0.410. The van der Waals surface area contributed by atoms with Gasteiger partial charge >= 0.3 is 0 Å². The van der Waals surface area contributed by atoms with Gasteiger partial charge in [0.15, 0.2) is 0 Å². The Bertz CT molecular complexity index is 340. The largest absolute Gasteiger partial charge is 0.295 e. The van der Waals surface area contributed by atoms with Crippen molar-refractivity contribution >= 4 is 15.9 Å². The lowest BCUT2D eigenvalue weighted by Gasteiger charge is -2.20. The normalized spacial score (nSPS) is 27.1. The van der Waals surface area contributed by atoms with Crippen molar-refractivity contribution in [2.75, 3.05) is 6.54 Å². The van der Waals surface area contributed by atoms with Crippen molar-refractivity contribution in [2.24, 2.45) is 5.92 Å². The van der Waals surface area contributed by atoms with E-state index in [1.54, 1.807) is 0 Å². The van der Waals surface area contributed by atoms with Gasteiger partial charge in [-0.15, -0.1) is 0 Å². The Morgan fingerprint density at radius 3 is 2.93 bits per heavy atom. The molecule has 82 valence electrons. The Kier molecular flexibility index (Phi) is 3.42. The van der Waals surface area contributed by atoms with Crippen molar-refractivity contribution in [3.8, 4) is 0 Å². The van der Waals surface area contributed by atoms with Gasteiger partial charge in [0.2, 0.25) is 0 Å². The molecule has 0 saturated carbocycles. The maximum absolute atomic E-state index is 4.41. The Balaban J connectivity index is 2.06. The van der Waals surface area contributed by atoms with Gasteiger partial charge in [-0.2, -0.15) is 0 Å². The van der Waals surface area contributed by atoms with E-state index in [-0.39, 0.29) is 0 Å². The highest BCUT2D eigenvalue weighted by atomic mass is 79.9. The standard InChI is InChI=1S/C12H17BrN2/c1-9-6-10(2)15(7-9)8-12-11(13)4-3-5-14-12/h3-5,9-10H,6-8H2,1-2H3. The summed E-state index contributed by atoms with van der Waals surface area (Å²) in [5, 5.41) is 0. The van der Waals surface area contributed by atoms with Gasteiger partial charge in [-0.05, 0) is 47.3 Å². The highest BCUT2D eigenvalue weighted by Crippen LogP contribution is 2.25. The summed E-state index contributed by atoms with van der Waals surface area (Å²) < 4.78 is 1.12. The third-order valence-electron chi connectivity index (χ3n) is 3.10. The summed E-state index contributed by atoms with van der Waals surface area (Å²) in [6.07, 6.45) is 3.18. The summed E-state index contributed by atoms with van der Waals surface area (Å²) in [6, 6.07) is 4.71. The molecule has 2 rings (SSSR count). The minimum absolute atomic E-state index is 0.689. The average molecular weight is 269 g/mol. The van der Waals surface area contributed by atoms with Crippen molar-refractivity contribution in [3.63, 3.8) is 0 Å². The zero-order chi connectivity index (χ0) is 10.8. The summed E-state index contributed by atoms with van der Waals surface area (Å²) in [4.78, 5) is 6.92. The summed E-state index contributed by atoms with van der Waals surface area (Å²) in [7, 11) is 0. The molecule has 1 saturated heterocycles. The van der Waals surface area contributed by atoms with Gasteiger partial charge in [0.05, 0.1) is 5.69 Å². The van der Waals surface area contributed by atoms with E-state index >= 15 is 0 Å². The van der Waals surface area contributed by atoms with Crippen LogP contribution in [0.3, 0.4) is 0 Å². The highest BCUT2D eigenvalue weighted by molar-refractivity contribution is 9.10. The number of rotatable bonds is 2. The van der Waals surface area contributed by atoms with Gasteiger partial charge in [0.1, 0.15) is 0 Å². The van der Waals surface area contributed by atoms with E-state index in [0.29, 0.717) is 6.04 Å². The monoisotopic (exact) mass is 268 g/mol. The van der Waals surface area contributed by atoms with E-state index in [2.05, 4.69) is 45.7 Å². The molecule has 2 nitrogen and oxygen atoms in total. The molecule has 2 unspecified atom stereocenters. The van der Waals surface area contributed by atoms with Crippen LogP contribution < -0.4 is 0 Å². The van der Waals surface area contributed by atoms with Crippen LogP contribution >= 0.6 is 15.9 Å². The predicted molar refractivity (Wildman–Crippen MR) is 65.6 cm³/mol. The first-order chi connectivity index (χ1) is 7.16. The lowest BCUT2D eigenvalue weighted by Crippen LogP contribution is -2.27. The van der Waals surface area contributed by atoms with E-state index < -0.39 is 0 Å². The predicted octanol–water partition coefficient (Wildman–Crippen LogP) is 3.07. The van der Waals surface area contributed by atoms with Crippen LogP contribution in [0.5, 0.6) is 0 Å². The summed E-state index contributed by atoms with van der Waals surface area (Å²) in [6.45, 7) is 6.79. The first-order valence-electron chi connectivity index (χ1n) is 5.50. The second-order valence-corrected chi connectivity index (χ2v) is 5.41. The number of likely N-dealkylation sites (tertiary alicyclic amines) is 1. The Labute approximate surface area is 99.8 Å². The molecule has 15 heavy (non-hydrogen) atoms. The fourth-order valence-electron chi connectivity index (χ4n) is 2.33. The quantitative estimate of drug-likeness (QED) is 0.820. The minimum Gasteiger partial charge on any atom is -0.295 e. The van der Waals surface area contributed by atoms with Gasteiger partial charge in [-0.3, -0.25) is 9.88 Å². The van der Waals surface area contributed by atoms with Crippen molar-refractivity contribution in [1.29, 1.82) is 0 Å². The number of hydrogen-bond acceptors (Lipinski definition) is 2. The SMILES string of the molecule is CC1CC(C)N(Cc2ncccc2Br)C1. The second-order valence-electron chi connectivity index (χ2n) is 4.55. The van der Waals surface area contributed by atoms with Crippen LogP contribution in [0.2, 0.25) is 0 Å². The van der Waals surface area contributed by atoms with Gasteiger partial charge in [-0.25, -0.2) is 0 Å². The zero-order valence-electron chi connectivity index (χ0n) is 9.28. The van der Waals surface area contributed by atoms with E-state index in [1.807, 2.05) is 12.3 Å². The minimum atomic E-state index is 0.689. The molecule has 0 radical (unpaired) electrons. The van der Waals surface area contributed by atoms with Crippen molar-refractivity contribution in [1.82, 2.24) is 9.88 Å². The smallest absolute Gasteiger partial charge is 0.0685 e. The van der Waals surface area contributed by atoms with Crippen molar-refractivity contribution < 1.29 is 0 Å². The van der Waals surface area contributed by atoms with Crippen LogP contribution in [0, 0.1) is 5.92 Å². The fraction of sp³-hybridized carbons (Fsp3) is 0.583. The first kappa shape index (κ1) is 11.1. The number of hydrogen-bond donors (Lipinski definition) is 0. The topological polar surface area (TPSA) is 16.1 Å². The summed E-state index contributed by atoms with van der Waals surface area (Å²) in [5.41, 5.74) is 1.15. The van der Waals surface area contributed by atoms with E-state index in [4.69, 9.17) is 0 Å². The summed E-state index contributed by atoms with van der Waals surface area (Å²) in [5.74, 6) is 0.822. The van der Waals surface area contributed by atoms with E-state index in [0.717, 1.165) is 22.6 Å². The molecule has 1 fully saturated rings. The number of halogens is 1. The average Bonchev–Trinajstić information content (AvgIpc) is 2.49.